The van der Waals surface area contributed by atoms with Crippen molar-refractivity contribution in [1.82, 2.24) is 14.9 Å². The van der Waals surface area contributed by atoms with Gasteiger partial charge in [0.15, 0.2) is 16.5 Å². The van der Waals surface area contributed by atoms with Gasteiger partial charge in [-0.05, 0) is 4.92 Å². The van der Waals surface area contributed by atoms with E-state index >= 15 is 0 Å². The minimum absolute atomic E-state index is 0.00611. The number of carbonyl (C=O) groups is 1. The number of nitrogens with zero attached hydrogens (tertiary/aromatic N) is 4. The molecule has 0 amide bonds. The summed E-state index contributed by atoms with van der Waals surface area (Å²) in [5.74, 6) is -1.51. The third-order valence-corrected chi connectivity index (χ3v) is 2.23. The molecular weight excluding hydrogens is 268 g/mol. The molecular formula is C8H5ClN4O5. The van der Waals surface area contributed by atoms with Crippen molar-refractivity contribution in [3.63, 3.8) is 0 Å². The number of carboxylic acid groups (broad SMARTS) is 1. The Balaban J connectivity index is 2.20. The molecule has 0 unspecified atom stereocenters. The number of aromatic nitrogens is 3. The van der Waals surface area contributed by atoms with Crippen molar-refractivity contribution in [2.75, 3.05) is 0 Å². The zero-order valence-corrected chi connectivity index (χ0v) is 9.36. The van der Waals surface area contributed by atoms with E-state index in [1.165, 1.54) is 12.3 Å². The van der Waals surface area contributed by atoms with Crippen molar-refractivity contribution in [1.29, 1.82) is 0 Å². The second-order valence-corrected chi connectivity index (χ2v) is 3.65. The molecule has 0 fully saturated rings. The lowest BCUT2D eigenvalue weighted by molar-refractivity contribution is -0.389. The molecule has 10 heteroatoms. The maximum atomic E-state index is 10.6. The topological polar surface area (TPSA) is 124 Å². The first-order valence-electron chi connectivity index (χ1n) is 4.53. The highest BCUT2D eigenvalue weighted by atomic mass is 35.5. The molecule has 0 radical (unpaired) electrons. The van der Waals surface area contributed by atoms with Gasteiger partial charge in [-0.3, -0.25) is 0 Å². The molecule has 2 rings (SSSR count). The highest BCUT2D eigenvalue weighted by Crippen LogP contribution is 2.21. The van der Waals surface area contributed by atoms with Crippen molar-refractivity contribution in [3.8, 4) is 0 Å². The quantitative estimate of drug-likeness (QED) is 0.654. The van der Waals surface area contributed by atoms with Crippen LogP contribution < -0.4 is 0 Å². The van der Waals surface area contributed by atoms with E-state index in [0.717, 1.165) is 4.68 Å². The van der Waals surface area contributed by atoms with Crippen LogP contribution in [0.4, 0.5) is 5.82 Å². The SMILES string of the molecule is O=C(O)c1cc(Cn2cc(Cl)c([N+](=O)[O-])n2)on1. The highest BCUT2D eigenvalue weighted by Gasteiger charge is 2.20. The number of rotatable bonds is 4. The first-order chi connectivity index (χ1) is 8.47. The van der Waals surface area contributed by atoms with E-state index in [1.807, 2.05) is 0 Å². The number of hydrogen-bond donors (Lipinski definition) is 1. The summed E-state index contributed by atoms with van der Waals surface area (Å²) < 4.78 is 5.89. The summed E-state index contributed by atoms with van der Waals surface area (Å²) in [4.78, 5) is 20.4. The fourth-order valence-electron chi connectivity index (χ4n) is 1.24. The molecule has 0 aliphatic carbocycles. The van der Waals surface area contributed by atoms with Gasteiger partial charge in [-0.1, -0.05) is 16.8 Å². The van der Waals surface area contributed by atoms with Crippen LogP contribution in [-0.4, -0.2) is 30.9 Å². The normalized spacial score (nSPS) is 10.5. The number of carboxylic acids is 1. The third kappa shape index (κ3) is 2.30. The molecule has 0 saturated heterocycles. The second kappa shape index (κ2) is 4.45. The largest absolute Gasteiger partial charge is 0.476 e. The van der Waals surface area contributed by atoms with Gasteiger partial charge in [0.1, 0.15) is 6.54 Å². The molecule has 0 spiro atoms. The Hall–Kier alpha value is -2.42. The molecule has 0 aliphatic rings. The Kier molecular flexibility index (Phi) is 2.98. The molecule has 2 heterocycles. The Morgan fingerprint density at radius 3 is 2.89 bits per heavy atom. The molecule has 18 heavy (non-hydrogen) atoms. The molecule has 2 aromatic heterocycles. The Morgan fingerprint density at radius 2 is 2.39 bits per heavy atom. The van der Waals surface area contributed by atoms with Crippen LogP contribution in [0.25, 0.3) is 0 Å². The van der Waals surface area contributed by atoms with Crippen LogP contribution in [0, 0.1) is 10.1 Å². The van der Waals surface area contributed by atoms with E-state index in [4.69, 9.17) is 21.2 Å². The molecule has 1 N–H and O–H groups in total. The van der Waals surface area contributed by atoms with Crippen molar-refractivity contribution in [2.24, 2.45) is 0 Å². The van der Waals surface area contributed by atoms with Crippen LogP contribution in [0.5, 0.6) is 0 Å². The van der Waals surface area contributed by atoms with E-state index < -0.39 is 16.7 Å². The first-order valence-corrected chi connectivity index (χ1v) is 4.91. The molecule has 0 saturated carbocycles. The van der Waals surface area contributed by atoms with Crippen LogP contribution in [0.15, 0.2) is 16.8 Å². The lowest BCUT2D eigenvalue weighted by atomic mass is 10.3. The maximum Gasteiger partial charge on any atom is 0.408 e. The summed E-state index contributed by atoms with van der Waals surface area (Å²) in [6.45, 7) is -0.00611. The van der Waals surface area contributed by atoms with Crippen LogP contribution >= 0.6 is 11.6 Å². The average Bonchev–Trinajstić information content (AvgIpc) is 2.86. The predicted octanol–water partition coefficient (Wildman–Crippen LogP) is 1.18. The van der Waals surface area contributed by atoms with Gasteiger partial charge in [0.2, 0.25) is 0 Å². The van der Waals surface area contributed by atoms with Crippen LogP contribution in [0.1, 0.15) is 16.2 Å². The maximum absolute atomic E-state index is 10.6. The summed E-state index contributed by atoms with van der Waals surface area (Å²) in [5, 5.41) is 25.9. The molecule has 94 valence electrons. The zero-order valence-electron chi connectivity index (χ0n) is 8.61. The molecule has 0 aliphatic heterocycles. The van der Waals surface area contributed by atoms with Crippen molar-refractivity contribution in [2.45, 2.75) is 6.54 Å². The zero-order chi connectivity index (χ0) is 13.3. The van der Waals surface area contributed by atoms with Gasteiger partial charge < -0.3 is 19.7 Å². The van der Waals surface area contributed by atoms with Crippen LogP contribution in [0.3, 0.4) is 0 Å². The van der Waals surface area contributed by atoms with E-state index in [0.29, 0.717) is 0 Å². The van der Waals surface area contributed by atoms with Gasteiger partial charge in [-0.25, -0.2) is 4.79 Å². The lowest BCUT2D eigenvalue weighted by Crippen LogP contribution is -2.00. The summed E-state index contributed by atoms with van der Waals surface area (Å²) in [7, 11) is 0. The molecule has 0 bridgehead atoms. The standard InChI is InChI=1S/C8H5ClN4O5/c9-5-3-12(10-7(5)13(16)17)2-4-1-6(8(14)15)11-18-4/h1,3H,2H2,(H,14,15). The average molecular weight is 273 g/mol. The molecule has 9 nitrogen and oxygen atoms in total. The number of hydrogen-bond acceptors (Lipinski definition) is 6. The Labute approximate surface area is 104 Å². The Bertz CT molecular complexity index is 619. The monoisotopic (exact) mass is 272 g/mol. The molecule has 0 aromatic carbocycles. The first kappa shape index (κ1) is 12.0. The van der Waals surface area contributed by atoms with Gasteiger partial charge in [-0.2, -0.15) is 4.68 Å². The van der Waals surface area contributed by atoms with E-state index in [1.54, 1.807) is 0 Å². The van der Waals surface area contributed by atoms with E-state index in [2.05, 4.69) is 10.3 Å². The summed E-state index contributed by atoms with van der Waals surface area (Å²) >= 11 is 5.60. The minimum Gasteiger partial charge on any atom is -0.476 e. The van der Waals surface area contributed by atoms with Crippen molar-refractivity contribution < 1.29 is 19.3 Å². The lowest BCUT2D eigenvalue weighted by Gasteiger charge is -1.89. The molecule has 2 aromatic rings. The predicted molar refractivity (Wildman–Crippen MR) is 56.5 cm³/mol. The van der Waals surface area contributed by atoms with Crippen LogP contribution in [0.2, 0.25) is 5.02 Å². The van der Waals surface area contributed by atoms with E-state index in [-0.39, 0.29) is 23.0 Å². The summed E-state index contributed by atoms with van der Waals surface area (Å²) in [5.41, 5.74) is -0.252. The number of aromatic carboxylic acids is 1. The van der Waals surface area contributed by atoms with Crippen LogP contribution in [-0.2, 0) is 6.54 Å². The second-order valence-electron chi connectivity index (χ2n) is 3.24. The van der Waals surface area contributed by atoms with Gasteiger partial charge in [0, 0.05) is 6.07 Å². The number of halogens is 1. The smallest absolute Gasteiger partial charge is 0.408 e. The third-order valence-electron chi connectivity index (χ3n) is 1.97. The van der Waals surface area contributed by atoms with Gasteiger partial charge >= 0.3 is 11.8 Å². The highest BCUT2D eigenvalue weighted by molar-refractivity contribution is 6.32. The summed E-state index contributed by atoms with van der Waals surface area (Å²) in [6.07, 6.45) is 1.24. The molecule has 0 atom stereocenters. The van der Waals surface area contributed by atoms with Gasteiger partial charge in [0.05, 0.1) is 11.3 Å². The van der Waals surface area contributed by atoms with Gasteiger partial charge in [0.25, 0.3) is 0 Å². The fraction of sp³-hybridized carbons (Fsp3) is 0.125. The van der Waals surface area contributed by atoms with E-state index in [9.17, 15) is 14.9 Å². The van der Waals surface area contributed by atoms with Gasteiger partial charge in [-0.15, -0.1) is 0 Å². The van der Waals surface area contributed by atoms with Crippen molar-refractivity contribution >= 4 is 23.4 Å². The fourth-order valence-corrected chi connectivity index (χ4v) is 1.46. The Morgan fingerprint density at radius 1 is 1.67 bits per heavy atom. The van der Waals surface area contributed by atoms with Crippen molar-refractivity contribution in [3.05, 3.63) is 38.9 Å². The minimum atomic E-state index is -1.23. The summed E-state index contributed by atoms with van der Waals surface area (Å²) in [6, 6.07) is 1.20. The number of nitro groups is 1.